The van der Waals surface area contributed by atoms with Gasteiger partial charge in [-0.1, -0.05) is 0 Å². The fourth-order valence-corrected chi connectivity index (χ4v) is 1.44. The number of carbonyl (C=O) groups is 1. The topological polar surface area (TPSA) is 47.8 Å². The molecular formula is C10H8BrN3O. The van der Waals surface area contributed by atoms with E-state index >= 15 is 0 Å². The van der Waals surface area contributed by atoms with Crippen LogP contribution in [0.5, 0.6) is 0 Å². The maximum Gasteiger partial charge on any atom is 0.246 e. The van der Waals surface area contributed by atoms with E-state index < -0.39 is 0 Å². The Hall–Kier alpha value is -1.49. The van der Waals surface area contributed by atoms with Gasteiger partial charge in [-0.25, -0.2) is 4.98 Å². The highest BCUT2D eigenvalue weighted by Gasteiger charge is 2.14. The lowest BCUT2D eigenvalue weighted by molar-refractivity contribution is 0.102. The van der Waals surface area contributed by atoms with E-state index in [1.165, 1.54) is 0 Å². The molecule has 0 bridgehead atoms. The first kappa shape index (κ1) is 10.0. The number of nitrogens with zero attached hydrogens (tertiary/aromatic N) is 3. The first-order valence-corrected chi connectivity index (χ1v) is 5.11. The quantitative estimate of drug-likeness (QED) is 0.779. The zero-order valence-electron chi connectivity index (χ0n) is 8.01. The minimum atomic E-state index is -0.171. The van der Waals surface area contributed by atoms with Crippen LogP contribution in [-0.4, -0.2) is 20.3 Å². The molecule has 0 radical (unpaired) electrons. The van der Waals surface area contributed by atoms with E-state index in [1.807, 2.05) is 0 Å². The van der Waals surface area contributed by atoms with Crippen molar-refractivity contribution >= 4 is 21.7 Å². The Morgan fingerprint density at radius 2 is 2.20 bits per heavy atom. The molecule has 0 saturated heterocycles. The van der Waals surface area contributed by atoms with Crippen molar-refractivity contribution < 1.29 is 4.79 Å². The molecule has 0 fully saturated rings. The SMILES string of the molecule is Cn1ccnc1C(=O)c1ccc(Br)cn1. The number of hydrogen-bond donors (Lipinski definition) is 0. The normalized spacial score (nSPS) is 10.3. The molecule has 0 saturated carbocycles. The monoisotopic (exact) mass is 265 g/mol. The first-order chi connectivity index (χ1) is 7.18. The van der Waals surface area contributed by atoms with E-state index in [4.69, 9.17) is 0 Å². The third kappa shape index (κ3) is 1.97. The van der Waals surface area contributed by atoms with Gasteiger partial charge >= 0.3 is 0 Å². The van der Waals surface area contributed by atoms with Crippen molar-refractivity contribution in [3.05, 3.63) is 46.7 Å². The van der Waals surface area contributed by atoms with Gasteiger partial charge < -0.3 is 4.57 Å². The van der Waals surface area contributed by atoms with Gasteiger partial charge in [0.15, 0.2) is 5.82 Å². The highest BCUT2D eigenvalue weighted by Crippen LogP contribution is 2.10. The maximum absolute atomic E-state index is 11.9. The number of imidazole rings is 1. The summed E-state index contributed by atoms with van der Waals surface area (Å²) in [5.74, 6) is 0.222. The summed E-state index contributed by atoms with van der Waals surface area (Å²) in [5.41, 5.74) is 0.396. The van der Waals surface area contributed by atoms with Gasteiger partial charge in [0.25, 0.3) is 0 Å². The maximum atomic E-state index is 11.9. The fourth-order valence-electron chi connectivity index (χ4n) is 1.21. The summed E-state index contributed by atoms with van der Waals surface area (Å²) in [6.07, 6.45) is 4.91. The molecule has 0 N–H and O–H groups in total. The number of rotatable bonds is 2. The van der Waals surface area contributed by atoms with Crippen LogP contribution in [0, 0.1) is 0 Å². The van der Waals surface area contributed by atoms with Crippen molar-refractivity contribution in [1.29, 1.82) is 0 Å². The molecule has 5 heteroatoms. The third-order valence-corrected chi connectivity index (χ3v) is 2.45. The smallest absolute Gasteiger partial charge is 0.246 e. The molecule has 2 rings (SSSR count). The molecule has 0 aliphatic carbocycles. The highest BCUT2D eigenvalue weighted by atomic mass is 79.9. The number of carbonyl (C=O) groups excluding carboxylic acids is 1. The van der Waals surface area contributed by atoms with Gasteiger partial charge in [0.2, 0.25) is 5.78 Å². The lowest BCUT2D eigenvalue weighted by atomic mass is 10.2. The second-order valence-electron chi connectivity index (χ2n) is 3.05. The number of aromatic nitrogens is 3. The molecular weight excluding hydrogens is 258 g/mol. The van der Waals surface area contributed by atoms with Crippen molar-refractivity contribution in [3.8, 4) is 0 Å². The van der Waals surface area contributed by atoms with Crippen molar-refractivity contribution in [2.75, 3.05) is 0 Å². The van der Waals surface area contributed by atoms with Crippen LogP contribution in [0.15, 0.2) is 35.2 Å². The number of pyridine rings is 1. The Morgan fingerprint density at radius 1 is 1.40 bits per heavy atom. The van der Waals surface area contributed by atoms with Gasteiger partial charge in [0.1, 0.15) is 5.69 Å². The molecule has 0 amide bonds. The van der Waals surface area contributed by atoms with Crippen molar-refractivity contribution in [2.45, 2.75) is 0 Å². The van der Waals surface area contributed by atoms with Crippen LogP contribution >= 0.6 is 15.9 Å². The molecule has 0 aliphatic heterocycles. The molecule has 76 valence electrons. The van der Waals surface area contributed by atoms with E-state index in [-0.39, 0.29) is 5.78 Å². The first-order valence-electron chi connectivity index (χ1n) is 4.32. The summed E-state index contributed by atoms with van der Waals surface area (Å²) in [5, 5.41) is 0. The largest absolute Gasteiger partial charge is 0.331 e. The van der Waals surface area contributed by atoms with E-state index in [0.717, 1.165) is 4.47 Å². The Balaban J connectivity index is 2.37. The predicted octanol–water partition coefficient (Wildman–Crippen LogP) is 1.81. The van der Waals surface area contributed by atoms with Gasteiger partial charge in [0, 0.05) is 30.1 Å². The molecule has 0 spiro atoms. The Bertz CT molecular complexity index is 490. The van der Waals surface area contributed by atoms with Gasteiger partial charge in [-0.3, -0.25) is 9.78 Å². The van der Waals surface area contributed by atoms with Gasteiger partial charge in [-0.05, 0) is 28.1 Å². The van der Waals surface area contributed by atoms with Crippen molar-refractivity contribution in [1.82, 2.24) is 14.5 Å². The lowest BCUT2D eigenvalue weighted by Crippen LogP contribution is -2.10. The molecule has 4 nitrogen and oxygen atoms in total. The predicted molar refractivity (Wildman–Crippen MR) is 58.6 cm³/mol. The van der Waals surface area contributed by atoms with E-state index in [2.05, 4.69) is 25.9 Å². The zero-order valence-corrected chi connectivity index (χ0v) is 9.60. The van der Waals surface area contributed by atoms with E-state index in [1.54, 1.807) is 42.3 Å². The average Bonchev–Trinajstić information content (AvgIpc) is 2.65. The fraction of sp³-hybridized carbons (Fsp3) is 0.100. The number of hydrogen-bond acceptors (Lipinski definition) is 3. The number of halogens is 1. The molecule has 0 aromatic carbocycles. The van der Waals surface area contributed by atoms with Crippen LogP contribution in [-0.2, 0) is 7.05 Å². The van der Waals surface area contributed by atoms with Crippen LogP contribution in [0.4, 0.5) is 0 Å². The molecule has 2 aromatic heterocycles. The minimum Gasteiger partial charge on any atom is -0.331 e. The van der Waals surface area contributed by atoms with Crippen LogP contribution in [0.1, 0.15) is 16.3 Å². The Morgan fingerprint density at radius 3 is 2.73 bits per heavy atom. The van der Waals surface area contributed by atoms with Gasteiger partial charge in [-0.2, -0.15) is 0 Å². The standard InChI is InChI=1S/C10H8BrN3O/c1-14-5-4-12-10(14)9(15)8-3-2-7(11)6-13-8/h2-6H,1H3. The van der Waals surface area contributed by atoms with E-state index in [9.17, 15) is 4.79 Å². The van der Waals surface area contributed by atoms with Crippen molar-refractivity contribution in [2.24, 2.45) is 7.05 Å². The third-order valence-electron chi connectivity index (χ3n) is 1.98. The van der Waals surface area contributed by atoms with Crippen LogP contribution in [0.2, 0.25) is 0 Å². The zero-order chi connectivity index (χ0) is 10.8. The summed E-state index contributed by atoms with van der Waals surface area (Å²) in [6.45, 7) is 0. The summed E-state index contributed by atoms with van der Waals surface area (Å²) >= 11 is 3.26. The Labute approximate surface area is 95.1 Å². The number of ketones is 1. The molecule has 2 aromatic rings. The number of aryl methyl sites for hydroxylation is 1. The van der Waals surface area contributed by atoms with Crippen LogP contribution in [0.25, 0.3) is 0 Å². The Kier molecular flexibility index (Phi) is 2.64. The molecule has 2 heterocycles. The van der Waals surface area contributed by atoms with Gasteiger partial charge in [0.05, 0.1) is 0 Å². The molecule has 15 heavy (non-hydrogen) atoms. The van der Waals surface area contributed by atoms with Crippen LogP contribution in [0.3, 0.4) is 0 Å². The summed E-state index contributed by atoms with van der Waals surface area (Å²) < 4.78 is 2.52. The minimum absolute atomic E-state index is 0.171. The van der Waals surface area contributed by atoms with E-state index in [0.29, 0.717) is 11.5 Å². The second kappa shape index (κ2) is 3.94. The molecule has 0 atom stereocenters. The van der Waals surface area contributed by atoms with Crippen LogP contribution < -0.4 is 0 Å². The summed E-state index contributed by atoms with van der Waals surface area (Å²) in [7, 11) is 1.78. The summed E-state index contributed by atoms with van der Waals surface area (Å²) in [4.78, 5) is 19.9. The van der Waals surface area contributed by atoms with Gasteiger partial charge in [-0.15, -0.1) is 0 Å². The average molecular weight is 266 g/mol. The second-order valence-corrected chi connectivity index (χ2v) is 3.97. The molecule has 0 unspecified atom stereocenters. The van der Waals surface area contributed by atoms with Crippen molar-refractivity contribution in [3.63, 3.8) is 0 Å². The highest BCUT2D eigenvalue weighted by molar-refractivity contribution is 9.10. The molecule has 0 aliphatic rings. The lowest BCUT2D eigenvalue weighted by Gasteiger charge is -2.00. The summed E-state index contributed by atoms with van der Waals surface area (Å²) in [6, 6.07) is 3.45.